The van der Waals surface area contributed by atoms with Gasteiger partial charge in [-0.05, 0) is 149 Å². The van der Waals surface area contributed by atoms with Crippen molar-refractivity contribution >= 4 is 89.0 Å². The molecule has 9 aromatic carbocycles. The maximum atomic E-state index is 13.6. The molecule has 0 aliphatic heterocycles. The molecule has 112 heavy (non-hydrogen) atoms. The van der Waals surface area contributed by atoms with E-state index in [1.165, 1.54) is 35.3 Å². The van der Waals surface area contributed by atoms with E-state index in [1.807, 2.05) is 237 Å². The minimum absolute atomic E-state index is 0.0330. The number of imide groups is 3. The summed E-state index contributed by atoms with van der Waals surface area (Å²) in [5.41, 5.74) is 10.3. The fourth-order valence-electron chi connectivity index (χ4n) is 11.6. The molecule has 0 unspecified atom stereocenters. The molecule has 0 aliphatic rings. The minimum atomic E-state index is -1.14. The first-order valence-corrected chi connectivity index (χ1v) is 41.3. The molecule has 0 saturated heterocycles. The lowest BCUT2D eigenvalue weighted by atomic mass is 10.0. The Kier molecular flexibility index (Phi) is 38.0. The minimum Gasteiger partial charge on any atom is -0.480 e. The van der Waals surface area contributed by atoms with Gasteiger partial charge in [-0.2, -0.15) is 35.3 Å². The van der Waals surface area contributed by atoms with Gasteiger partial charge in [0.2, 0.25) is 0 Å². The first-order valence-electron chi connectivity index (χ1n) is 37.8. The maximum Gasteiger partial charge on any atom is 0.327 e. The van der Waals surface area contributed by atoms with Crippen molar-refractivity contribution in [2.75, 3.05) is 30.3 Å². The molecule has 0 radical (unpaired) electrons. The standard InChI is InChI=1S/C31H36N2O4S.2C30H34N2O4S/c1-23(2)16-17-25-14-9-15-27(20-25)29(34)33(19-18-24-10-5-3-6-11-24)31(37)32-28(30(35)36)22-38-21-26-12-7-4-8-13-26;1-22(2)18-25-14-9-15-26(19-25)28(33)32(17-16-23-10-5-3-6-11-23)30(36)31-27(29(34)35)21-37-20-24-12-7-4-8-13-24;1-22(2)16-17-23-14-9-15-26(18-23)28(33)32(19-24-10-5-3-6-11-24)30(36)31-27(29(34)35)21-37-20-25-12-7-4-8-13-25/h3-15,20,23,28H,16-19,21-22H2,1-2H3,(H,32,37)(H,35,36);3-15,19,22,27H,16-18,20-21H2,1-2H3,(H,31,36)(H,34,35);3-15,18,22,27H,16-17,19-21H2,1-2H3,(H,31,36)(H,34,35)/t28-;2*27-/m000/s1. The van der Waals surface area contributed by atoms with Crippen LogP contribution in [0.15, 0.2) is 255 Å². The third-order valence-electron chi connectivity index (χ3n) is 17.8. The van der Waals surface area contributed by atoms with Crippen LogP contribution in [-0.2, 0) is 70.3 Å². The summed E-state index contributed by atoms with van der Waals surface area (Å²) in [6.07, 6.45) is 5.42. The number of rotatable bonds is 37. The molecular weight excluding hydrogens is 1470 g/mol. The van der Waals surface area contributed by atoms with Crippen LogP contribution in [0.1, 0.15) is 136 Å². The number of thioether (sulfide) groups is 3. The van der Waals surface area contributed by atoms with E-state index in [9.17, 15) is 58.5 Å². The van der Waals surface area contributed by atoms with E-state index in [0.29, 0.717) is 64.5 Å². The number of hydrogen-bond acceptors (Lipinski definition) is 12. The Morgan fingerprint density at radius 2 is 0.571 bits per heavy atom. The van der Waals surface area contributed by atoms with E-state index in [4.69, 9.17) is 0 Å². The molecule has 588 valence electrons. The number of urea groups is 3. The molecule has 0 aliphatic carbocycles. The highest BCUT2D eigenvalue weighted by atomic mass is 32.2. The fourth-order valence-corrected chi connectivity index (χ4v) is 14.6. The molecule has 0 fully saturated rings. The molecule has 3 atom stereocenters. The molecule has 0 bridgehead atoms. The average molecular weight is 1570 g/mol. The zero-order valence-corrected chi connectivity index (χ0v) is 67.1. The molecule has 18 nitrogen and oxygen atoms in total. The van der Waals surface area contributed by atoms with Crippen LogP contribution in [0.3, 0.4) is 0 Å². The molecule has 0 aromatic heterocycles. The van der Waals surface area contributed by atoms with Crippen molar-refractivity contribution in [2.45, 2.75) is 128 Å². The third-order valence-corrected chi connectivity index (χ3v) is 21.1. The van der Waals surface area contributed by atoms with Crippen molar-refractivity contribution in [3.63, 3.8) is 0 Å². The SMILES string of the molecule is CC(C)CCc1cccc(C(=O)N(CCc2ccccc2)C(=O)N[C@@H](CSCc2ccccc2)C(=O)O)c1.CC(C)CCc1cccc(C(=O)N(Cc2ccccc2)C(=O)N[C@@H](CSCc2ccccc2)C(=O)O)c1.CC(C)Cc1cccc(C(=O)N(CCc2ccccc2)C(=O)N[C@@H](CSCc2ccccc2)C(=O)O)c1. The number of nitrogens with one attached hydrogen (secondary N) is 3. The summed E-state index contributed by atoms with van der Waals surface area (Å²) in [5.74, 6) is -0.855. The van der Waals surface area contributed by atoms with Gasteiger partial charge < -0.3 is 31.3 Å². The second-order valence-corrected chi connectivity index (χ2v) is 31.4. The zero-order valence-electron chi connectivity index (χ0n) is 64.6. The average Bonchev–Trinajstić information content (AvgIpc) is 0.841. The number of carboxylic acids is 3. The lowest BCUT2D eigenvalue weighted by Gasteiger charge is -2.24. The summed E-state index contributed by atoms with van der Waals surface area (Å²) in [6, 6.07) is 74.0. The van der Waals surface area contributed by atoms with E-state index < -0.39 is 71.8 Å². The molecule has 6 N–H and O–H groups in total. The quantitative estimate of drug-likeness (QED) is 0.0212. The highest BCUT2D eigenvalue weighted by molar-refractivity contribution is 7.99. The van der Waals surface area contributed by atoms with Crippen molar-refractivity contribution in [1.82, 2.24) is 30.7 Å². The number of carboxylic acid groups (broad SMARTS) is 3. The Morgan fingerprint density at radius 1 is 0.304 bits per heavy atom. The van der Waals surface area contributed by atoms with Crippen molar-refractivity contribution in [1.29, 1.82) is 0 Å². The Hall–Kier alpha value is -10.7. The van der Waals surface area contributed by atoms with Gasteiger partial charge in [0, 0.05) is 64.3 Å². The summed E-state index contributed by atoms with van der Waals surface area (Å²) in [4.78, 5) is 120. The van der Waals surface area contributed by atoms with Gasteiger partial charge in [-0.3, -0.25) is 29.1 Å². The second-order valence-electron chi connectivity index (χ2n) is 28.3. The summed E-state index contributed by atoms with van der Waals surface area (Å²) >= 11 is 4.26. The van der Waals surface area contributed by atoms with Gasteiger partial charge in [0.1, 0.15) is 18.1 Å². The largest absolute Gasteiger partial charge is 0.480 e. The van der Waals surface area contributed by atoms with Crippen LogP contribution in [-0.4, -0.2) is 132 Å². The highest BCUT2D eigenvalue weighted by Gasteiger charge is 2.32. The van der Waals surface area contributed by atoms with Crippen LogP contribution in [0.5, 0.6) is 0 Å². The van der Waals surface area contributed by atoms with Gasteiger partial charge in [-0.25, -0.2) is 28.8 Å². The van der Waals surface area contributed by atoms with Gasteiger partial charge in [0.25, 0.3) is 17.7 Å². The molecule has 21 heteroatoms. The molecule has 9 rings (SSSR count). The number of carbonyl (C=O) groups is 9. The van der Waals surface area contributed by atoms with E-state index in [-0.39, 0.29) is 36.9 Å². The summed E-state index contributed by atoms with van der Waals surface area (Å²) in [7, 11) is 0. The number of benzene rings is 9. The van der Waals surface area contributed by atoms with E-state index in [2.05, 4.69) is 57.5 Å². The number of amides is 9. The predicted molar refractivity (Wildman–Crippen MR) is 451 cm³/mol. The molecule has 0 heterocycles. The highest BCUT2D eigenvalue weighted by Crippen LogP contribution is 2.22. The van der Waals surface area contributed by atoms with Crippen LogP contribution >= 0.6 is 35.3 Å². The van der Waals surface area contributed by atoms with Crippen LogP contribution in [0.25, 0.3) is 0 Å². The monoisotopic (exact) mass is 1570 g/mol. The van der Waals surface area contributed by atoms with E-state index >= 15 is 0 Å². The Balaban J connectivity index is 0.000000233. The zero-order chi connectivity index (χ0) is 80.6. The van der Waals surface area contributed by atoms with Crippen LogP contribution < -0.4 is 16.0 Å². The van der Waals surface area contributed by atoms with Gasteiger partial charge in [-0.15, -0.1) is 0 Å². The summed E-state index contributed by atoms with van der Waals surface area (Å²) < 4.78 is 0. The van der Waals surface area contributed by atoms with Crippen molar-refractivity contribution in [3.8, 4) is 0 Å². The second kappa shape index (κ2) is 48.1. The van der Waals surface area contributed by atoms with Crippen molar-refractivity contribution < 1.29 is 58.5 Å². The Morgan fingerprint density at radius 3 is 0.875 bits per heavy atom. The number of nitrogens with zero attached hydrogens (tertiary/aromatic N) is 3. The Labute approximate surface area is 672 Å². The third kappa shape index (κ3) is 31.9. The van der Waals surface area contributed by atoms with Crippen LogP contribution in [0, 0.1) is 17.8 Å². The lowest BCUT2D eigenvalue weighted by Crippen LogP contribution is -2.51. The molecule has 9 amide bonds. The van der Waals surface area contributed by atoms with Crippen molar-refractivity contribution in [2.24, 2.45) is 17.8 Å². The molecule has 0 spiro atoms. The fraction of sp³-hybridized carbons (Fsp3) is 0.308. The van der Waals surface area contributed by atoms with E-state index in [1.54, 1.807) is 18.2 Å². The van der Waals surface area contributed by atoms with E-state index in [0.717, 1.165) is 96.9 Å². The first-order chi connectivity index (χ1) is 54.0. The van der Waals surface area contributed by atoms with Crippen molar-refractivity contribution in [3.05, 3.63) is 322 Å². The predicted octanol–water partition coefficient (Wildman–Crippen LogP) is 17.7. The van der Waals surface area contributed by atoms with Gasteiger partial charge in [0.05, 0.1) is 6.54 Å². The first kappa shape index (κ1) is 88.5. The number of carbonyl (C=O) groups excluding carboxylic acids is 6. The number of hydrogen-bond donors (Lipinski definition) is 6. The van der Waals surface area contributed by atoms with Gasteiger partial charge in [-0.1, -0.05) is 260 Å². The smallest absolute Gasteiger partial charge is 0.327 e. The topological polar surface area (TPSA) is 260 Å². The Bertz CT molecular complexity index is 4410. The number of aryl methyl sites for hydroxylation is 2. The number of aliphatic carboxylic acids is 3. The van der Waals surface area contributed by atoms with Crippen LogP contribution in [0.4, 0.5) is 14.4 Å². The van der Waals surface area contributed by atoms with Crippen LogP contribution in [0.2, 0.25) is 0 Å². The molecule has 0 saturated carbocycles. The van der Waals surface area contributed by atoms with Gasteiger partial charge in [0.15, 0.2) is 0 Å². The normalized spacial score (nSPS) is 11.7. The summed E-state index contributed by atoms with van der Waals surface area (Å²) in [6.45, 7) is 13.1. The lowest BCUT2D eigenvalue weighted by molar-refractivity contribution is -0.139. The molecule has 9 aromatic rings. The maximum absolute atomic E-state index is 13.6. The molecular formula is C91H104N6O12S3. The van der Waals surface area contributed by atoms with Gasteiger partial charge >= 0.3 is 36.0 Å². The summed E-state index contributed by atoms with van der Waals surface area (Å²) in [5, 5.41) is 37.0.